The summed E-state index contributed by atoms with van der Waals surface area (Å²) in [6.45, 7) is 13.2. The Balaban J connectivity index is 2.95. The van der Waals surface area contributed by atoms with Crippen LogP contribution in [0.5, 0.6) is 0 Å². The minimum Gasteiger partial charge on any atom is -0.444 e. The Morgan fingerprint density at radius 2 is 1.75 bits per heavy atom. The summed E-state index contributed by atoms with van der Waals surface area (Å²) in [6, 6.07) is 1.76. The van der Waals surface area contributed by atoms with Gasteiger partial charge in [0.2, 0.25) is 0 Å². The van der Waals surface area contributed by atoms with E-state index in [-0.39, 0.29) is 18.0 Å². The number of pyridine rings is 1. The quantitative estimate of drug-likeness (QED) is 0.811. The van der Waals surface area contributed by atoms with Crippen molar-refractivity contribution in [3.8, 4) is 0 Å². The Bertz CT molecular complexity index is 602. The lowest BCUT2D eigenvalue weighted by Gasteiger charge is -2.30. The molecule has 24 heavy (non-hydrogen) atoms. The summed E-state index contributed by atoms with van der Waals surface area (Å²) in [5, 5.41) is 2.60. The third kappa shape index (κ3) is 5.78. The average molecular weight is 400 g/mol. The number of anilines is 1. The van der Waals surface area contributed by atoms with E-state index in [1.54, 1.807) is 31.7 Å². The predicted molar refractivity (Wildman–Crippen MR) is 98.2 cm³/mol. The molecule has 1 rings (SSSR count). The first kappa shape index (κ1) is 20.4. The van der Waals surface area contributed by atoms with Crippen LogP contribution in [0.1, 0.15) is 59.0 Å². The lowest BCUT2D eigenvalue weighted by atomic mass is 10.2. The molecule has 7 heteroatoms. The number of halogens is 1. The molecule has 0 spiro atoms. The highest BCUT2D eigenvalue weighted by Gasteiger charge is 2.25. The highest BCUT2D eigenvalue weighted by molar-refractivity contribution is 9.10. The molecule has 0 unspecified atom stereocenters. The molecular formula is C17H26BrN3O3. The van der Waals surface area contributed by atoms with E-state index in [1.165, 1.54) is 6.20 Å². The van der Waals surface area contributed by atoms with E-state index in [0.29, 0.717) is 15.9 Å². The van der Waals surface area contributed by atoms with E-state index < -0.39 is 11.7 Å². The molecule has 0 atom stereocenters. The van der Waals surface area contributed by atoms with Gasteiger partial charge in [-0.15, -0.1) is 0 Å². The van der Waals surface area contributed by atoms with Crippen molar-refractivity contribution >= 4 is 33.6 Å². The van der Waals surface area contributed by atoms with Crippen LogP contribution < -0.4 is 5.32 Å². The van der Waals surface area contributed by atoms with E-state index in [9.17, 15) is 9.59 Å². The average Bonchev–Trinajstić information content (AvgIpc) is 2.34. The van der Waals surface area contributed by atoms with Gasteiger partial charge in [-0.3, -0.25) is 10.1 Å². The van der Waals surface area contributed by atoms with Gasteiger partial charge in [0.1, 0.15) is 11.3 Å². The normalized spacial score (nSPS) is 11.6. The number of carbonyl (C=O) groups excluding carboxylic acids is 2. The van der Waals surface area contributed by atoms with Crippen LogP contribution in [0, 0.1) is 0 Å². The molecule has 0 bridgehead atoms. The topological polar surface area (TPSA) is 71.5 Å². The lowest BCUT2D eigenvalue weighted by molar-refractivity contribution is 0.0628. The van der Waals surface area contributed by atoms with Gasteiger partial charge < -0.3 is 9.64 Å². The van der Waals surface area contributed by atoms with Gasteiger partial charge in [0.15, 0.2) is 0 Å². The van der Waals surface area contributed by atoms with Crippen LogP contribution in [0.3, 0.4) is 0 Å². The zero-order valence-electron chi connectivity index (χ0n) is 15.3. The number of hydrogen-bond acceptors (Lipinski definition) is 4. The smallest absolute Gasteiger partial charge is 0.412 e. The van der Waals surface area contributed by atoms with Crippen molar-refractivity contribution in [3.63, 3.8) is 0 Å². The van der Waals surface area contributed by atoms with Gasteiger partial charge in [-0.1, -0.05) is 0 Å². The molecule has 0 fully saturated rings. The molecule has 2 amide bonds. The molecule has 1 heterocycles. The fourth-order valence-corrected chi connectivity index (χ4v) is 2.79. The van der Waals surface area contributed by atoms with Crippen LogP contribution in [0.25, 0.3) is 0 Å². The lowest BCUT2D eigenvalue weighted by Crippen LogP contribution is -2.42. The summed E-state index contributed by atoms with van der Waals surface area (Å²) >= 11 is 3.36. The molecule has 1 aromatic heterocycles. The second-order valence-corrected chi connectivity index (χ2v) is 7.94. The number of aromatic nitrogens is 1. The molecule has 1 aromatic rings. The molecule has 1 N–H and O–H groups in total. The Morgan fingerprint density at radius 1 is 1.21 bits per heavy atom. The molecule has 0 aliphatic heterocycles. The van der Waals surface area contributed by atoms with Crippen molar-refractivity contribution in [2.45, 2.75) is 66.2 Å². The Morgan fingerprint density at radius 3 is 2.17 bits per heavy atom. The number of nitrogens with zero attached hydrogens (tertiary/aromatic N) is 2. The van der Waals surface area contributed by atoms with Crippen LogP contribution in [-0.2, 0) is 4.74 Å². The maximum Gasteiger partial charge on any atom is 0.412 e. The summed E-state index contributed by atoms with van der Waals surface area (Å²) in [5.41, 5.74) is 0.181. The molecule has 0 aliphatic carbocycles. The summed E-state index contributed by atoms with van der Waals surface area (Å²) in [4.78, 5) is 30.4. The van der Waals surface area contributed by atoms with Crippen molar-refractivity contribution < 1.29 is 14.3 Å². The van der Waals surface area contributed by atoms with Gasteiger partial charge >= 0.3 is 6.09 Å². The molecule has 0 saturated heterocycles. The second-order valence-electron chi connectivity index (χ2n) is 7.08. The first-order chi connectivity index (χ1) is 10.9. The number of carbonyl (C=O) groups is 2. The summed E-state index contributed by atoms with van der Waals surface area (Å²) in [5.74, 6) is -0.157. The molecule has 6 nitrogen and oxygen atoms in total. The van der Waals surface area contributed by atoms with Gasteiger partial charge in [0.05, 0.1) is 16.4 Å². The number of hydrogen-bond donors (Lipinski definition) is 1. The Kier molecular flexibility index (Phi) is 6.77. The van der Waals surface area contributed by atoms with Crippen LogP contribution in [0.15, 0.2) is 16.7 Å². The third-order valence-electron chi connectivity index (χ3n) is 3.04. The fourth-order valence-electron chi connectivity index (χ4n) is 2.27. The predicted octanol–water partition coefficient (Wildman–Crippen LogP) is 4.45. The van der Waals surface area contributed by atoms with Crippen LogP contribution in [0.2, 0.25) is 0 Å². The molecule has 0 aromatic carbocycles. The van der Waals surface area contributed by atoms with Gasteiger partial charge in [-0.05, 0) is 70.5 Å². The SMILES string of the molecule is CC(C)N(C(=O)c1ncc(NC(=O)OC(C)(C)C)cc1Br)C(C)C. The standard InChI is InChI=1S/C17H26BrN3O3/c1-10(2)21(11(3)4)15(22)14-13(18)8-12(9-19-14)20-16(23)24-17(5,6)7/h8-11H,1-7H3,(H,20,23). The highest BCUT2D eigenvalue weighted by atomic mass is 79.9. The van der Waals surface area contributed by atoms with E-state index in [1.807, 2.05) is 27.7 Å². The largest absolute Gasteiger partial charge is 0.444 e. The summed E-state index contributed by atoms with van der Waals surface area (Å²) in [7, 11) is 0. The van der Waals surface area contributed by atoms with Crippen LogP contribution in [0.4, 0.5) is 10.5 Å². The van der Waals surface area contributed by atoms with Crippen molar-refractivity contribution in [3.05, 3.63) is 22.4 Å². The first-order valence-electron chi connectivity index (χ1n) is 7.90. The highest BCUT2D eigenvalue weighted by Crippen LogP contribution is 2.23. The maximum absolute atomic E-state index is 12.7. The van der Waals surface area contributed by atoms with Crippen LogP contribution in [-0.4, -0.2) is 39.6 Å². The van der Waals surface area contributed by atoms with Gasteiger partial charge in [0, 0.05) is 12.1 Å². The second kappa shape index (κ2) is 7.96. The van der Waals surface area contributed by atoms with E-state index in [4.69, 9.17) is 4.74 Å². The van der Waals surface area contributed by atoms with Crippen LogP contribution >= 0.6 is 15.9 Å². The molecule has 0 saturated carbocycles. The molecule has 0 radical (unpaired) electrons. The molecule has 0 aliphatic rings. The van der Waals surface area contributed by atoms with E-state index >= 15 is 0 Å². The molecular weight excluding hydrogens is 374 g/mol. The molecule has 134 valence electrons. The minimum atomic E-state index is -0.584. The third-order valence-corrected chi connectivity index (χ3v) is 3.64. The first-order valence-corrected chi connectivity index (χ1v) is 8.70. The number of nitrogens with one attached hydrogen (secondary N) is 1. The fraction of sp³-hybridized carbons (Fsp3) is 0.588. The van der Waals surface area contributed by atoms with E-state index in [2.05, 4.69) is 26.2 Å². The zero-order chi connectivity index (χ0) is 18.7. The number of rotatable bonds is 4. The Hall–Kier alpha value is -1.63. The summed E-state index contributed by atoms with van der Waals surface area (Å²) < 4.78 is 5.71. The zero-order valence-corrected chi connectivity index (χ0v) is 16.9. The Labute approximate surface area is 152 Å². The van der Waals surface area contributed by atoms with Gasteiger partial charge in [-0.2, -0.15) is 0 Å². The number of amides is 2. The van der Waals surface area contributed by atoms with Crippen molar-refractivity contribution in [2.24, 2.45) is 0 Å². The van der Waals surface area contributed by atoms with Gasteiger partial charge in [0.25, 0.3) is 5.91 Å². The monoisotopic (exact) mass is 399 g/mol. The van der Waals surface area contributed by atoms with Crippen molar-refractivity contribution in [1.82, 2.24) is 9.88 Å². The van der Waals surface area contributed by atoms with Crippen molar-refractivity contribution in [2.75, 3.05) is 5.32 Å². The number of ether oxygens (including phenoxy) is 1. The van der Waals surface area contributed by atoms with Crippen molar-refractivity contribution in [1.29, 1.82) is 0 Å². The minimum absolute atomic E-state index is 0.0609. The maximum atomic E-state index is 12.7. The summed E-state index contributed by atoms with van der Waals surface area (Å²) in [6.07, 6.45) is 0.877. The van der Waals surface area contributed by atoms with E-state index in [0.717, 1.165) is 0 Å². The van der Waals surface area contributed by atoms with Gasteiger partial charge in [-0.25, -0.2) is 9.78 Å².